The summed E-state index contributed by atoms with van der Waals surface area (Å²) in [5, 5.41) is 3.11. The number of piperidine rings is 1. The Labute approximate surface area is 176 Å². The van der Waals surface area contributed by atoms with Crippen LogP contribution in [0.4, 0.5) is 0 Å². The van der Waals surface area contributed by atoms with Crippen molar-refractivity contribution < 1.29 is 4.79 Å². The lowest BCUT2D eigenvalue weighted by Crippen LogP contribution is -2.54. The van der Waals surface area contributed by atoms with Gasteiger partial charge in [0.25, 0.3) is 0 Å². The van der Waals surface area contributed by atoms with Crippen LogP contribution in [0.5, 0.6) is 0 Å². The molecule has 27 heavy (non-hydrogen) atoms. The summed E-state index contributed by atoms with van der Waals surface area (Å²) < 4.78 is 0. The second-order valence-corrected chi connectivity index (χ2v) is 8.13. The van der Waals surface area contributed by atoms with Gasteiger partial charge in [-0.2, -0.15) is 0 Å². The molecule has 0 unspecified atom stereocenters. The topological polar surface area (TPSA) is 58.4 Å². The zero-order valence-corrected chi connectivity index (χ0v) is 18.0. The lowest BCUT2D eigenvalue weighted by Gasteiger charge is -2.32. The molecule has 0 atom stereocenters. The number of nitrogens with two attached hydrogens (primary N) is 1. The zero-order chi connectivity index (χ0) is 17.7. The monoisotopic (exact) mass is 415 g/mol. The van der Waals surface area contributed by atoms with Gasteiger partial charge in [0.15, 0.2) is 0 Å². The molecule has 1 saturated heterocycles. The van der Waals surface area contributed by atoms with Crippen molar-refractivity contribution in [3.8, 4) is 0 Å². The predicted molar refractivity (Wildman–Crippen MR) is 116 cm³/mol. The number of nitrogens with zero attached hydrogens (tertiary/aromatic N) is 1. The van der Waals surface area contributed by atoms with Crippen LogP contribution in [0.25, 0.3) is 0 Å². The minimum atomic E-state index is -0.657. The lowest BCUT2D eigenvalue weighted by molar-refractivity contribution is -0.127. The molecular formula is C21H35Cl2N3O. The molecule has 0 spiro atoms. The van der Waals surface area contributed by atoms with Crippen molar-refractivity contribution in [2.24, 2.45) is 11.7 Å². The van der Waals surface area contributed by atoms with Crippen molar-refractivity contribution in [3.05, 3.63) is 35.4 Å². The SMILES string of the molecule is CC1CCN(Cc2ccccc2CNC(=O)C2(N)CCCCC2)CC1.Cl.Cl. The summed E-state index contributed by atoms with van der Waals surface area (Å²) in [6.45, 7) is 6.25. The van der Waals surface area contributed by atoms with Gasteiger partial charge in [0.1, 0.15) is 0 Å². The van der Waals surface area contributed by atoms with E-state index in [9.17, 15) is 4.79 Å². The largest absolute Gasteiger partial charge is 0.350 e. The van der Waals surface area contributed by atoms with Crippen LogP contribution in [0.3, 0.4) is 0 Å². The van der Waals surface area contributed by atoms with E-state index < -0.39 is 5.54 Å². The molecule has 0 aromatic heterocycles. The van der Waals surface area contributed by atoms with Crippen molar-refractivity contribution in [2.45, 2.75) is 70.5 Å². The second kappa shape index (κ2) is 11.3. The van der Waals surface area contributed by atoms with Crippen LogP contribution in [0.15, 0.2) is 24.3 Å². The molecule has 1 saturated carbocycles. The third kappa shape index (κ3) is 6.63. The van der Waals surface area contributed by atoms with Gasteiger partial charge in [-0.3, -0.25) is 9.69 Å². The molecule has 3 N–H and O–H groups in total. The van der Waals surface area contributed by atoms with E-state index >= 15 is 0 Å². The Balaban J connectivity index is 0.00000182. The third-order valence-electron chi connectivity index (χ3n) is 6.03. The van der Waals surface area contributed by atoms with Crippen molar-refractivity contribution in [1.82, 2.24) is 10.2 Å². The molecule has 0 radical (unpaired) electrons. The third-order valence-corrected chi connectivity index (χ3v) is 6.03. The maximum absolute atomic E-state index is 12.6. The molecule has 4 nitrogen and oxygen atoms in total. The van der Waals surface area contributed by atoms with Crippen molar-refractivity contribution in [2.75, 3.05) is 13.1 Å². The average molecular weight is 416 g/mol. The fourth-order valence-corrected chi connectivity index (χ4v) is 4.11. The lowest BCUT2D eigenvalue weighted by atomic mass is 9.82. The van der Waals surface area contributed by atoms with Gasteiger partial charge in [-0.05, 0) is 55.8 Å². The summed E-state index contributed by atoms with van der Waals surface area (Å²) in [7, 11) is 0. The molecule has 1 aliphatic carbocycles. The number of amides is 1. The molecule has 2 fully saturated rings. The number of rotatable bonds is 5. The number of hydrogen-bond donors (Lipinski definition) is 2. The maximum Gasteiger partial charge on any atom is 0.240 e. The number of carbonyl (C=O) groups excluding carboxylic acids is 1. The van der Waals surface area contributed by atoms with Crippen LogP contribution >= 0.6 is 24.8 Å². The first-order valence-electron chi connectivity index (χ1n) is 9.93. The minimum Gasteiger partial charge on any atom is -0.350 e. The van der Waals surface area contributed by atoms with E-state index in [2.05, 4.69) is 41.4 Å². The van der Waals surface area contributed by atoms with Gasteiger partial charge in [0, 0.05) is 13.1 Å². The first-order chi connectivity index (χ1) is 12.1. The Morgan fingerprint density at radius 1 is 1.11 bits per heavy atom. The van der Waals surface area contributed by atoms with Crippen LogP contribution in [-0.2, 0) is 17.9 Å². The number of halogens is 2. The summed E-state index contributed by atoms with van der Waals surface area (Å²) in [4.78, 5) is 15.1. The zero-order valence-electron chi connectivity index (χ0n) is 16.4. The van der Waals surface area contributed by atoms with Gasteiger partial charge >= 0.3 is 0 Å². The molecule has 2 aliphatic rings. The van der Waals surface area contributed by atoms with Crippen molar-refractivity contribution >= 4 is 30.7 Å². The molecule has 6 heteroatoms. The highest BCUT2D eigenvalue weighted by Crippen LogP contribution is 2.26. The van der Waals surface area contributed by atoms with Crippen LogP contribution in [0.2, 0.25) is 0 Å². The highest BCUT2D eigenvalue weighted by atomic mass is 35.5. The maximum atomic E-state index is 12.6. The van der Waals surface area contributed by atoms with E-state index in [0.717, 1.165) is 38.1 Å². The fraction of sp³-hybridized carbons (Fsp3) is 0.667. The fourth-order valence-electron chi connectivity index (χ4n) is 4.11. The normalized spacial score (nSPS) is 20.2. The van der Waals surface area contributed by atoms with Gasteiger partial charge in [0.05, 0.1) is 5.54 Å². The number of carbonyl (C=O) groups is 1. The number of hydrogen-bond acceptors (Lipinski definition) is 3. The summed E-state index contributed by atoms with van der Waals surface area (Å²) in [5.41, 5.74) is 8.23. The summed E-state index contributed by atoms with van der Waals surface area (Å²) in [5.74, 6) is 0.871. The molecule has 3 rings (SSSR count). The summed E-state index contributed by atoms with van der Waals surface area (Å²) in [6.07, 6.45) is 7.52. The number of likely N-dealkylation sites (tertiary alicyclic amines) is 1. The van der Waals surface area contributed by atoms with Gasteiger partial charge in [0.2, 0.25) is 5.91 Å². The van der Waals surface area contributed by atoms with Gasteiger partial charge in [-0.25, -0.2) is 0 Å². The average Bonchev–Trinajstić information content (AvgIpc) is 2.63. The highest BCUT2D eigenvalue weighted by molar-refractivity contribution is 5.86. The van der Waals surface area contributed by atoms with E-state index in [4.69, 9.17) is 5.73 Å². The van der Waals surface area contributed by atoms with Gasteiger partial charge in [-0.15, -0.1) is 24.8 Å². The van der Waals surface area contributed by atoms with E-state index in [1.807, 2.05) is 0 Å². The molecule has 1 aliphatic heterocycles. The first-order valence-corrected chi connectivity index (χ1v) is 9.93. The molecule has 1 heterocycles. The van der Waals surface area contributed by atoms with E-state index in [0.29, 0.717) is 6.54 Å². The van der Waals surface area contributed by atoms with E-state index in [-0.39, 0.29) is 30.7 Å². The molecule has 1 aromatic carbocycles. The van der Waals surface area contributed by atoms with Crippen LogP contribution in [0.1, 0.15) is 63.0 Å². The minimum absolute atomic E-state index is 0. The quantitative estimate of drug-likeness (QED) is 0.762. The number of benzene rings is 1. The van der Waals surface area contributed by atoms with Crippen molar-refractivity contribution in [1.29, 1.82) is 0 Å². The summed E-state index contributed by atoms with van der Waals surface area (Å²) >= 11 is 0. The Morgan fingerprint density at radius 3 is 2.33 bits per heavy atom. The predicted octanol–water partition coefficient (Wildman–Crippen LogP) is 4.04. The Hall–Kier alpha value is -0.810. The van der Waals surface area contributed by atoms with E-state index in [1.165, 1.54) is 43.5 Å². The Kier molecular flexibility index (Phi) is 10.1. The second-order valence-electron chi connectivity index (χ2n) is 8.13. The Morgan fingerprint density at radius 2 is 1.70 bits per heavy atom. The number of nitrogens with one attached hydrogen (secondary N) is 1. The summed E-state index contributed by atoms with van der Waals surface area (Å²) in [6, 6.07) is 8.48. The smallest absolute Gasteiger partial charge is 0.240 e. The van der Waals surface area contributed by atoms with Crippen LogP contribution in [-0.4, -0.2) is 29.4 Å². The van der Waals surface area contributed by atoms with Crippen molar-refractivity contribution in [3.63, 3.8) is 0 Å². The highest BCUT2D eigenvalue weighted by Gasteiger charge is 2.35. The molecule has 154 valence electrons. The van der Waals surface area contributed by atoms with E-state index in [1.54, 1.807) is 0 Å². The van der Waals surface area contributed by atoms with Crippen LogP contribution in [0, 0.1) is 5.92 Å². The van der Waals surface area contributed by atoms with Gasteiger partial charge in [-0.1, -0.05) is 50.5 Å². The van der Waals surface area contributed by atoms with Crippen LogP contribution < -0.4 is 11.1 Å². The first kappa shape index (κ1) is 24.2. The Bertz CT molecular complexity index is 583. The molecule has 1 amide bonds. The molecule has 0 bridgehead atoms. The van der Waals surface area contributed by atoms with Gasteiger partial charge < -0.3 is 11.1 Å². The standard InChI is InChI=1S/C21H33N3O.2ClH/c1-17-9-13-24(14-10-17)16-19-8-4-3-7-18(19)15-23-20(25)21(22)11-5-2-6-12-21;;/h3-4,7-8,17H,2,5-6,9-16,22H2,1H3,(H,23,25);2*1H. The molecular weight excluding hydrogens is 381 g/mol. The molecule has 1 aromatic rings.